The summed E-state index contributed by atoms with van der Waals surface area (Å²) in [4.78, 5) is 53.0. The van der Waals surface area contributed by atoms with E-state index >= 15 is 0 Å². The highest BCUT2D eigenvalue weighted by Crippen LogP contribution is 2.54. The second-order valence-corrected chi connectivity index (χ2v) is 8.98. The van der Waals surface area contributed by atoms with Gasteiger partial charge in [0.2, 0.25) is 23.6 Å². The Labute approximate surface area is 193 Å². The van der Waals surface area contributed by atoms with E-state index in [1.54, 1.807) is 18.2 Å². The summed E-state index contributed by atoms with van der Waals surface area (Å²) in [5.41, 5.74) is 5.28. The number of nitrogens with zero attached hydrogens (tertiary/aromatic N) is 1. The molecule has 2 aromatic rings. The number of nitrogens with two attached hydrogens (primary N) is 1. The lowest BCUT2D eigenvalue weighted by Gasteiger charge is -2.29. The Bertz CT molecular complexity index is 1200. The van der Waals surface area contributed by atoms with Crippen molar-refractivity contribution >= 4 is 40.9 Å². The van der Waals surface area contributed by atoms with Gasteiger partial charge in [0.25, 0.3) is 0 Å². The van der Waals surface area contributed by atoms with Crippen molar-refractivity contribution in [2.45, 2.75) is 31.0 Å². The van der Waals surface area contributed by atoms with Crippen molar-refractivity contribution in [2.75, 3.05) is 5.32 Å². The van der Waals surface area contributed by atoms with Gasteiger partial charge in [-0.05, 0) is 30.2 Å². The third-order valence-corrected chi connectivity index (χ3v) is 7.06. The lowest BCUT2D eigenvalue weighted by atomic mass is 9.76. The van der Waals surface area contributed by atoms with Gasteiger partial charge in [-0.15, -0.1) is 0 Å². The highest BCUT2D eigenvalue weighted by atomic mass is 35.5. The summed E-state index contributed by atoms with van der Waals surface area (Å²) in [5, 5.41) is 6.28. The molecular weight excluding hydrogens is 451 g/mol. The minimum Gasteiger partial charge on any atom is -0.370 e. The zero-order valence-electron chi connectivity index (χ0n) is 17.3. The Kier molecular flexibility index (Phi) is 4.98. The molecule has 4 N–H and O–H groups in total. The van der Waals surface area contributed by atoms with Crippen LogP contribution in [-0.2, 0) is 31.3 Å². The maximum absolute atomic E-state index is 13.6. The molecule has 0 saturated carbocycles. The Morgan fingerprint density at radius 2 is 1.85 bits per heavy atom. The number of hydrogen-bond acceptors (Lipinski definition) is 5. The minimum atomic E-state index is -1.50. The van der Waals surface area contributed by atoms with Gasteiger partial charge < -0.3 is 11.1 Å². The third-order valence-electron chi connectivity index (χ3n) is 6.75. The van der Waals surface area contributed by atoms with E-state index in [0.717, 1.165) is 4.90 Å². The van der Waals surface area contributed by atoms with E-state index in [1.807, 2.05) is 0 Å². The van der Waals surface area contributed by atoms with E-state index in [0.29, 0.717) is 21.8 Å². The smallest absolute Gasteiger partial charge is 0.250 e. The normalized spacial score (nSPS) is 27.8. The number of carbonyl (C=O) groups excluding carboxylic acids is 4. The summed E-state index contributed by atoms with van der Waals surface area (Å²) in [6.45, 7) is -0.0480. The number of anilines is 1. The Hall–Kier alpha value is -3.30. The number of likely N-dealkylation sites (tertiary alicyclic amines) is 1. The molecule has 10 heteroatoms. The van der Waals surface area contributed by atoms with E-state index in [9.17, 15) is 23.6 Å². The van der Waals surface area contributed by atoms with Crippen molar-refractivity contribution in [3.8, 4) is 0 Å². The molecule has 4 amide bonds. The molecular formula is C23H20ClFN4O4. The molecule has 3 aliphatic rings. The summed E-state index contributed by atoms with van der Waals surface area (Å²) in [5.74, 6) is -4.31. The van der Waals surface area contributed by atoms with Crippen LogP contribution in [0.25, 0.3) is 0 Å². The van der Waals surface area contributed by atoms with Crippen molar-refractivity contribution in [2.24, 2.45) is 17.6 Å². The van der Waals surface area contributed by atoms with Crippen LogP contribution in [0.5, 0.6) is 0 Å². The first-order chi connectivity index (χ1) is 15.7. The number of amides is 4. The van der Waals surface area contributed by atoms with Crippen LogP contribution in [0.3, 0.4) is 0 Å². The molecule has 0 bridgehead atoms. The van der Waals surface area contributed by atoms with Crippen LogP contribution in [0.15, 0.2) is 42.5 Å². The largest absolute Gasteiger partial charge is 0.370 e. The number of fused-ring (bicyclic) bond motifs is 4. The lowest BCUT2D eigenvalue weighted by Crippen LogP contribution is -2.53. The van der Waals surface area contributed by atoms with Gasteiger partial charge in [0, 0.05) is 18.0 Å². The van der Waals surface area contributed by atoms with E-state index in [-0.39, 0.29) is 19.4 Å². The van der Waals surface area contributed by atoms with Crippen LogP contribution in [0, 0.1) is 17.7 Å². The monoisotopic (exact) mass is 470 g/mol. The SMILES string of the molecule is NC(=O)CC[C@@H]1N[C@@]2(C(=O)Nc3c(Cl)cccc32)[C@@H]2C(=O)N(Cc3ccc(F)cc3)C(=O)[C@H]12. The third kappa shape index (κ3) is 3.14. The second kappa shape index (κ2) is 7.64. The first-order valence-corrected chi connectivity index (χ1v) is 10.9. The molecule has 2 fully saturated rings. The van der Waals surface area contributed by atoms with E-state index < -0.39 is 52.9 Å². The summed E-state index contributed by atoms with van der Waals surface area (Å²) in [6.07, 6.45) is 0.172. The second-order valence-electron chi connectivity index (χ2n) is 8.57. The van der Waals surface area contributed by atoms with Gasteiger partial charge in [0.15, 0.2) is 0 Å². The molecule has 33 heavy (non-hydrogen) atoms. The van der Waals surface area contributed by atoms with E-state index in [4.69, 9.17) is 17.3 Å². The summed E-state index contributed by atoms with van der Waals surface area (Å²) >= 11 is 6.30. The van der Waals surface area contributed by atoms with Gasteiger partial charge in [0.1, 0.15) is 11.4 Å². The molecule has 3 heterocycles. The van der Waals surface area contributed by atoms with E-state index in [1.165, 1.54) is 24.3 Å². The first kappa shape index (κ1) is 21.5. The molecule has 3 aliphatic heterocycles. The summed E-state index contributed by atoms with van der Waals surface area (Å²) < 4.78 is 13.3. The lowest BCUT2D eigenvalue weighted by molar-refractivity contribution is -0.143. The van der Waals surface area contributed by atoms with Crippen LogP contribution in [-0.4, -0.2) is 34.6 Å². The quantitative estimate of drug-likeness (QED) is 0.574. The maximum Gasteiger partial charge on any atom is 0.250 e. The van der Waals surface area contributed by atoms with Crippen LogP contribution >= 0.6 is 11.6 Å². The fourth-order valence-electron chi connectivity index (χ4n) is 5.33. The molecule has 4 atom stereocenters. The van der Waals surface area contributed by atoms with Crippen molar-refractivity contribution in [3.05, 3.63) is 64.4 Å². The minimum absolute atomic E-state index is 0.0135. The van der Waals surface area contributed by atoms with Gasteiger partial charge in [-0.2, -0.15) is 0 Å². The number of nitrogens with one attached hydrogen (secondary N) is 2. The Balaban J connectivity index is 1.58. The molecule has 0 unspecified atom stereocenters. The van der Waals surface area contributed by atoms with Crippen LogP contribution in [0.1, 0.15) is 24.0 Å². The average molecular weight is 471 g/mol. The molecule has 1 spiro atoms. The Morgan fingerprint density at radius 3 is 2.55 bits per heavy atom. The maximum atomic E-state index is 13.6. The Morgan fingerprint density at radius 1 is 1.12 bits per heavy atom. The molecule has 0 aromatic heterocycles. The predicted octanol–water partition coefficient (Wildman–Crippen LogP) is 1.67. The topological polar surface area (TPSA) is 122 Å². The molecule has 5 rings (SSSR count). The van der Waals surface area contributed by atoms with Gasteiger partial charge in [-0.3, -0.25) is 29.4 Å². The molecule has 2 saturated heterocycles. The first-order valence-electron chi connectivity index (χ1n) is 10.5. The highest BCUT2D eigenvalue weighted by molar-refractivity contribution is 6.35. The standard InChI is InChI=1S/C23H20ClFN4O4/c24-14-3-1-2-13-19(14)27-22(33)23(13)18-17(15(28-23)8-9-16(26)30)20(31)29(21(18)32)10-11-4-6-12(25)7-5-11/h1-7,15,17-18,28H,8-10H2,(H2,26,30)(H,27,33)/t15-,17+,18-,23+/m0/s1. The fraction of sp³-hybridized carbons (Fsp3) is 0.304. The van der Waals surface area contributed by atoms with Crippen LogP contribution in [0.4, 0.5) is 10.1 Å². The summed E-state index contributed by atoms with van der Waals surface area (Å²) in [7, 11) is 0. The number of para-hydroxylation sites is 1. The molecule has 170 valence electrons. The van der Waals surface area contributed by atoms with E-state index in [2.05, 4.69) is 10.6 Å². The average Bonchev–Trinajstić information content (AvgIpc) is 3.35. The van der Waals surface area contributed by atoms with Gasteiger partial charge in [-0.25, -0.2) is 4.39 Å². The van der Waals surface area contributed by atoms with Crippen LogP contribution < -0.4 is 16.4 Å². The zero-order chi connectivity index (χ0) is 23.5. The number of primary amides is 1. The van der Waals surface area contributed by atoms with Crippen LogP contribution in [0.2, 0.25) is 5.02 Å². The molecule has 2 aromatic carbocycles. The molecule has 8 nitrogen and oxygen atoms in total. The van der Waals surface area contributed by atoms with Crippen molar-refractivity contribution in [1.82, 2.24) is 10.2 Å². The molecule has 0 aliphatic carbocycles. The van der Waals surface area contributed by atoms with Crippen molar-refractivity contribution < 1.29 is 23.6 Å². The van der Waals surface area contributed by atoms with Crippen molar-refractivity contribution in [3.63, 3.8) is 0 Å². The number of carbonyl (C=O) groups is 4. The zero-order valence-corrected chi connectivity index (χ0v) is 18.1. The van der Waals surface area contributed by atoms with Crippen molar-refractivity contribution in [1.29, 1.82) is 0 Å². The number of rotatable bonds is 5. The number of hydrogen-bond donors (Lipinski definition) is 3. The van der Waals surface area contributed by atoms with Gasteiger partial charge in [-0.1, -0.05) is 35.9 Å². The fourth-order valence-corrected chi connectivity index (χ4v) is 5.55. The summed E-state index contributed by atoms with van der Waals surface area (Å²) in [6, 6.07) is 9.87. The predicted molar refractivity (Wildman–Crippen MR) is 116 cm³/mol. The number of benzene rings is 2. The number of imide groups is 1. The highest BCUT2D eigenvalue weighted by Gasteiger charge is 2.70. The number of halogens is 2. The van der Waals surface area contributed by atoms with Gasteiger partial charge >= 0.3 is 0 Å². The molecule has 0 radical (unpaired) electrons. The van der Waals surface area contributed by atoms with Gasteiger partial charge in [0.05, 0.1) is 29.1 Å².